The van der Waals surface area contributed by atoms with E-state index < -0.39 is 0 Å². The predicted octanol–water partition coefficient (Wildman–Crippen LogP) is 3.28. The van der Waals surface area contributed by atoms with Crippen molar-refractivity contribution in [3.8, 4) is 0 Å². The Bertz CT molecular complexity index is 323. The maximum absolute atomic E-state index is 3.67. The van der Waals surface area contributed by atoms with Gasteiger partial charge in [0.1, 0.15) is 0 Å². The van der Waals surface area contributed by atoms with Crippen LogP contribution in [0.5, 0.6) is 0 Å². The second-order valence-electron chi connectivity index (χ2n) is 8.69. The first-order chi connectivity index (χ1) is 9.64. The van der Waals surface area contributed by atoms with Crippen LogP contribution in [0.2, 0.25) is 0 Å². The molecule has 1 heterocycles. The molecule has 0 spiro atoms. The van der Waals surface area contributed by atoms with Crippen molar-refractivity contribution in [2.75, 3.05) is 20.1 Å². The highest BCUT2D eigenvalue weighted by Crippen LogP contribution is 2.61. The molecule has 5 rings (SSSR count). The predicted molar refractivity (Wildman–Crippen MR) is 83.7 cm³/mol. The standard InChI is InChI=1S/C18H32N2/c1-13(20(2)12-17-4-3-5-19-17)18-9-14-6-15(10-18)8-16(7-14)11-18/h13-17,19H,3-12H2,1-2H3. The molecule has 2 nitrogen and oxygen atoms in total. The van der Waals surface area contributed by atoms with Gasteiger partial charge in [0.2, 0.25) is 0 Å². The Morgan fingerprint density at radius 2 is 1.70 bits per heavy atom. The van der Waals surface area contributed by atoms with Crippen LogP contribution < -0.4 is 5.32 Å². The highest BCUT2D eigenvalue weighted by molar-refractivity contribution is 5.05. The van der Waals surface area contributed by atoms with E-state index >= 15 is 0 Å². The van der Waals surface area contributed by atoms with Gasteiger partial charge in [0.15, 0.2) is 0 Å². The first-order valence-electron chi connectivity index (χ1n) is 9.08. The van der Waals surface area contributed by atoms with E-state index in [1.54, 1.807) is 38.5 Å². The summed E-state index contributed by atoms with van der Waals surface area (Å²) in [5, 5.41) is 3.67. The van der Waals surface area contributed by atoms with Gasteiger partial charge in [0.25, 0.3) is 0 Å². The Morgan fingerprint density at radius 1 is 1.10 bits per heavy atom. The lowest BCUT2D eigenvalue weighted by molar-refractivity contribution is -0.0932. The fourth-order valence-electron chi connectivity index (χ4n) is 6.58. The largest absolute Gasteiger partial charge is 0.313 e. The van der Waals surface area contributed by atoms with Crippen molar-refractivity contribution in [1.82, 2.24) is 10.2 Å². The van der Waals surface area contributed by atoms with E-state index in [-0.39, 0.29) is 0 Å². The number of hydrogen-bond donors (Lipinski definition) is 1. The number of nitrogens with one attached hydrogen (secondary N) is 1. The second-order valence-corrected chi connectivity index (χ2v) is 8.69. The van der Waals surface area contributed by atoms with Crippen molar-refractivity contribution >= 4 is 0 Å². The van der Waals surface area contributed by atoms with Gasteiger partial charge in [-0.1, -0.05) is 0 Å². The van der Waals surface area contributed by atoms with Crippen LogP contribution in [0.15, 0.2) is 0 Å². The molecule has 114 valence electrons. The molecule has 2 atom stereocenters. The van der Waals surface area contributed by atoms with Crippen molar-refractivity contribution in [2.24, 2.45) is 23.2 Å². The summed E-state index contributed by atoms with van der Waals surface area (Å²) >= 11 is 0. The molecule has 4 aliphatic carbocycles. The molecule has 0 aromatic heterocycles. The van der Waals surface area contributed by atoms with Gasteiger partial charge in [-0.15, -0.1) is 0 Å². The fourth-order valence-corrected chi connectivity index (χ4v) is 6.58. The summed E-state index contributed by atoms with van der Waals surface area (Å²) in [4.78, 5) is 2.70. The van der Waals surface area contributed by atoms with Crippen LogP contribution in [0.25, 0.3) is 0 Å². The lowest BCUT2D eigenvalue weighted by atomic mass is 9.47. The molecule has 4 bridgehead atoms. The zero-order valence-corrected chi connectivity index (χ0v) is 13.4. The first-order valence-corrected chi connectivity index (χ1v) is 9.08. The molecule has 2 unspecified atom stereocenters. The fraction of sp³-hybridized carbons (Fsp3) is 1.00. The van der Waals surface area contributed by atoms with Gasteiger partial charge in [-0.2, -0.15) is 0 Å². The van der Waals surface area contributed by atoms with E-state index in [0.29, 0.717) is 5.41 Å². The van der Waals surface area contributed by atoms with Crippen molar-refractivity contribution in [1.29, 1.82) is 0 Å². The number of nitrogens with zero attached hydrogens (tertiary/aromatic N) is 1. The molecular formula is C18H32N2. The third-order valence-electron chi connectivity index (χ3n) is 7.30. The van der Waals surface area contributed by atoms with E-state index in [2.05, 4.69) is 24.2 Å². The molecule has 5 fully saturated rings. The van der Waals surface area contributed by atoms with Crippen LogP contribution >= 0.6 is 0 Å². The van der Waals surface area contributed by atoms with Gasteiger partial charge >= 0.3 is 0 Å². The summed E-state index contributed by atoms with van der Waals surface area (Å²) < 4.78 is 0. The van der Waals surface area contributed by atoms with E-state index in [1.165, 1.54) is 25.9 Å². The van der Waals surface area contributed by atoms with Crippen LogP contribution in [0.1, 0.15) is 58.3 Å². The van der Waals surface area contributed by atoms with Crippen LogP contribution in [-0.4, -0.2) is 37.1 Å². The molecular weight excluding hydrogens is 244 g/mol. The Morgan fingerprint density at radius 3 is 2.20 bits per heavy atom. The van der Waals surface area contributed by atoms with E-state index in [4.69, 9.17) is 0 Å². The molecule has 1 saturated heterocycles. The summed E-state index contributed by atoms with van der Waals surface area (Å²) in [6.07, 6.45) is 12.1. The topological polar surface area (TPSA) is 15.3 Å². The van der Waals surface area contributed by atoms with Crippen molar-refractivity contribution < 1.29 is 0 Å². The normalized spacial score (nSPS) is 48.1. The average molecular weight is 276 g/mol. The molecule has 2 heteroatoms. The highest BCUT2D eigenvalue weighted by atomic mass is 15.2. The molecule has 1 N–H and O–H groups in total. The van der Waals surface area contributed by atoms with Gasteiger partial charge in [-0.05, 0) is 95.1 Å². The van der Waals surface area contributed by atoms with Gasteiger partial charge in [0, 0.05) is 18.6 Å². The molecule has 0 amide bonds. The quantitative estimate of drug-likeness (QED) is 0.848. The maximum Gasteiger partial charge on any atom is 0.0195 e. The van der Waals surface area contributed by atoms with E-state index in [1.807, 2.05) is 0 Å². The number of rotatable bonds is 4. The van der Waals surface area contributed by atoms with E-state index in [0.717, 1.165) is 29.8 Å². The second kappa shape index (κ2) is 4.98. The molecule has 1 aliphatic heterocycles. The lowest BCUT2D eigenvalue weighted by Gasteiger charge is -2.60. The maximum atomic E-state index is 3.67. The van der Waals surface area contributed by atoms with Crippen LogP contribution in [-0.2, 0) is 0 Å². The molecule has 5 aliphatic rings. The van der Waals surface area contributed by atoms with Crippen LogP contribution in [0.4, 0.5) is 0 Å². The zero-order chi connectivity index (χ0) is 13.7. The molecule has 20 heavy (non-hydrogen) atoms. The smallest absolute Gasteiger partial charge is 0.0195 e. The van der Waals surface area contributed by atoms with Gasteiger partial charge in [-0.3, -0.25) is 0 Å². The Balaban J connectivity index is 1.45. The minimum Gasteiger partial charge on any atom is -0.313 e. The van der Waals surface area contributed by atoms with Crippen LogP contribution in [0.3, 0.4) is 0 Å². The minimum absolute atomic E-state index is 0.683. The molecule has 0 aromatic carbocycles. The SMILES string of the molecule is CC(N(C)CC1CCCN1)C12CC3CC(CC(C3)C1)C2. The minimum atomic E-state index is 0.683. The van der Waals surface area contributed by atoms with Gasteiger partial charge in [-0.25, -0.2) is 0 Å². The highest BCUT2D eigenvalue weighted by Gasteiger charge is 2.53. The Hall–Kier alpha value is -0.0800. The third-order valence-corrected chi connectivity index (χ3v) is 7.30. The molecule has 0 radical (unpaired) electrons. The van der Waals surface area contributed by atoms with Crippen LogP contribution in [0, 0.1) is 23.2 Å². The van der Waals surface area contributed by atoms with Gasteiger partial charge in [0.05, 0.1) is 0 Å². The molecule has 0 aromatic rings. The van der Waals surface area contributed by atoms with Gasteiger partial charge < -0.3 is 10.2 Å². The average Bonchev–Trinajstić information content (AvgIpc) is 2.89. The Labute approximate surface area is 124 Å². The van der Waals surface area contributed by atoms with E-state index in [9.17, 15) is 0 Å². The number of hydrogen-bond acceptors (Lipinski definition) is 2. The third kappa shape index (κ3) is 2.23. The first kappa shape index (κ1) is 13.6. The lowest BCUT2D eigenvalue weighted by Crippen LogP contribution is -2.56. The molecule has 4 saturated carbocycles. The summed E-state index contributed by atoms with van der Waals surface area (Å²) in [6, 6.07) is 1.55. The summed E-state index contributed by atoms with van der Waals surface area (Å²) in [5.41, 5.74) is 0.683. The zero-order valence-electron chi connectivity index (χ0n) is 13.4. The summed E-state index contributed by atoms with van der Waals surface area (Å²) in [6.45, 7) is 5.05. The summed E-state index contributed by atoms with van der Waals surface area (Å²) in [5.74, 6) is 3.25. The van der Waals surface area contributed by atoms with Crippen molar-refractivity contribution in [2.45, 2.75) is 70.4 Å². The Kier molecular flexibility index (Phi) is 3.38. The number of likely N-dealkylation sites (N-methyl/N-ethyl adjacent to an activating group) is 1. The monoisotopic (exact) mass is 276 g/mol. The van der Waals surface area contributed by atoms with Crippen molar-refractivity contribution in [3.05, 3.63) is 0 Å². The van der Waals surface area contributed by atoms with Crippen molar-refractivity contribution in [3.63, 3.8) is 0 Å². The summed E-state index contributed by atoms with van der Waals surface area (Å²) in [7, 11) is 2.39.